The van der Waals surface area contributed by atoms with Crippen LogP contribution in [-0.2, 0) is 13.1 Å². The summed E-state index contributed by atoms with van der Waals surface area (Å²) in [6.07, 6.45) is 2.66. The van der Waals surface area contributed by atoms with Crippen molar-refractivity contribution >= 4 is 17.5 Å². The van der Waals surface area contributed by atoms with Gasteiger partial charge in [-0.25, -0.2) is 9.78 Å². The van der Waals surface area contributed by atoms with Crippen molar-refractivity contribution in [2.45, 2.75) is 13.1 Å². The van der Waals surface area contributed by atoms with Crippen molar-refractivity contribution < 1.29 is 14.8 Å². The van der Waals surface area contributed by atoms with Gasteiger partial charge in [0.2, 0.25) is 0 Å². The zero-order valence-corrected chi connectivity index (χ0v) is 10.7. The van der Waals surface area contributed by atoms with E-state index in [1.54, 1.807) is 11.2 Å². The Bertz CT molecular complexity index is 727. The molecule has 10 heteroatoms. The molecule has 0 fully saturated rings. The number of carboxylic acids is 1. The first kappa shape index (κ1) is 13.0. The van der Waals surface area contributed by atoms with Crippen molar-refractivity contribution in [3.8, 4) is 0 Å². The van der Waals surface area contributed by atoms with Crippen LogP contribution in [0.25, 0.3) is 0 Å². The molecule has 0 spiro atoms. The molecule has 0 radical (unpaired) electrons. The highest BCUT2D eigenvalue weighted by molar-refractivity contribution is 5.94. The number of pyridine rings is 1. The third kappa shape index (κ3) is 2.26. The van der Waals surface area contributed by atoms with Gasteiger partial charge in [-0.2, -0.15) is 0 Å². The van der Waals surface area contributed by atoms with E-state index in [0.717, 1.165) is 12.3 Å². The minimum Gasteiger partial charge on any atom is -0.478 e. The minimum absolute atomic E-state index is 0.197. The van der Waals surface area contributed by atoms with Crippen LogP contribution in [-0.4, -0.2) is 42.3 Å². The van der Waals surface area contributed by atoms with Gasteiger partial charge >= 0.3 is 5.97 Å². The van der Waals surface area contributed by atoms with E-state index in [0.29, 0.717) is 25.5 Å². The molecule has 0 saturated carbocycles. The van der Waals surface area contributed by atoms with Gasteiger partial charge in [0.05, 0.1) is 11.5 Å². The van der Waals surface area contributed by atoms with Crippen LogP contribution in [0.4, 0.5) is 11.5 Å². The lowest BCUT2D eigenvalue weighted by Gasteiger charge is -2.28. The first-order chi connectivity index (χ1) is 10.1. The lowest BCUT2D eigenvalue weighted by atomic mass is 10.2. The molecule has 108 valence electrons. The highest BCUT2D eigenvalue weighted by Crippen LogP contribution is 2.25. The normalized spacial score (nSPS) is 13.8. The number of rotatable bonds is 3. The smallest absolute Gasteiger partial charge is 0.339 e. The molecule has 1 aliphatic rings. The molecule has 10 nitrogen and oxygen atoms in total. The van der Waals surface area contributed by atoms with Crippen molar-refractivity contribution in [1.29, 1.82) is 0 Å². The summed E-state index contributed by atoms with van der Waals surface area (Å²) < 4.78 is 1.86. The summed E-state index contributed by atoms with van der Waals surface area (Å²) in [6.45, 7) is 1.47. The maximum absolute atomic E-state index is 11.3. The van der Waals surface area contributed by atoms with E-state index in [4.69, 9.17) is 0 Å². The second-order valence-corrected chi connectivity index (χ2v) is 4.49. The van der Waals surface area contributed by atoms with Gasteiger partial charge in [-0.1, -0.05) is 0 Å². The predicted octanol–water partition coefficient (Wildman–Crippen LogP) is 0.300. The monoisotopic (exact) mass is 290 g/mol. The highest BCUT2D eigenvalue weighted by atomic mass is 16.6. The van der Waals surface area contributed by atoms with Crippen LogP contribution >= 0.6 is 0 Å². The highest BCUT2D eigenvalue weighted by Gasteiger charge is 2.25. The van der Waals surface area contributed by atoms with Crippen LogP contribution in [0.15, 0.2) is 18.6 Å². The molecule has 2 aromatic rings. The third-order valence-corrected chi connectivity index (χ3v) is 3.23. The topological polar surface area (TPSA) is 127 Å². The number of aromatic carboxylic acids is 1. The summed E-state index contributed by atoms with van der Waals surface area (Å²) in [6, 6.07) is 1.02. The van der Waals surface area contributed by atoms with Crippen molar-refractivity contribution in [2.24, 2.45) is 0 Å². The van der Waals surface area contributed by atoms with E-state index < -0.39 is 10.9 Å². The Morgan fingerprint density at radius 2 is 2.24 bits per heavy atom. The Morgan fingerprint density at radius 3 is 2.95 bits per heavy atom. The predicted molar refractivity (Wildman–Crippen MR) is 68.9 cm³/mol. The molecule has 1 aliphatic heterocycles. The van der Waals surface area contributed by atoms with Gasteiger partial charge in [-0.15, -0.1) is 10.2 Å². The van der Waals surface area contributed by atoms with Crippen LogP contribution in [0.2, 0.25) is 0 Å². The molecule has 0 aromatic carbocycles. The number of fused-ring (bicyclic) bond motifs is 1. The fraction of sp³-hybridized carbons (Fsp3) is 0.273. The van der Waals surface area contributed by atoms with Gasteiger partial charge in [-0.3, -0.25) is 10.1 Å². The van der Waals surface area contributed by atoms with Crippen molar-refractivity contribution in [2.75, 3.05) is 11.4 Å². The average molecular weight is 290 g/mol. The molecule has 2 aromatic heterocycles. The average Bonchev–Trinajstić information content (AvgIpc) is 2.93. The van der Waals surface area contributed by atoms with Crippen molar-refractivity contribution in [3.63, 3.8) is 0 Å². The Morgan fingerprint density at radius 1 is 1.43 bits per heavy atom. The Hall–Kier alpha value is -3.04. The largest absolute Gasteiger partial charge is 0.478 e. The lowest BCUT2D eigenvalue weighted by Crippen LogP contribution is -2.35. The Kier molecular flexibility index (Phi) is 2.97. The zero-order chi connectivity index (χ0) is 15.0. The van der Waals surface area contributed by atoms with Crippen LogP contribution in [0.1, 0.15) is 16.2 Å². The summed E-state index contributed by atoms with van der Waals surface area (Å²) in [7, 11) is 0. The number of hydrogen-bond acceptors (Lipinski definition) is 7. The fourth-order valence-corrected chi connectivity index (χ4v) is 2.20. The molecule has 0 amide bonds. The van der Waals surface area contributed by atoms with Crippen LogP contribution in [0.5, 0.6) is 0 Å². The van der Waals surface area contributed by atoms with Gasteiger partial charge in [0.25, 0.3) is 5.69 Å². The first-order valence-corrected chi connectivity index (χ1v) is 6.05. The Labute approximate surface area is 117 Å². The SMILES string of the molecule is O=C(O)c1cc([N+](=O)[O-])cnc1N1CCn2cnnc2C1. The molecular formula is C11H10N6O4. The van der Waals surface area contributed by atoms with E-state index >= 15 is 0 Å². The molecule has 0 atom stereocenters. The summed E-state index contributed by atoms with van der Waals surface area (Å²) in [5.74, 6) is -0.367. The quantitative estimate of drug-likeness (QED) is 0.631. The van der Waals surface area contributed by atoms with Crippen LogP contribution in [0, 0.1) is 10.1 Å². The molecule has 3 rings (SSSR count). The number of hydrogen-bond donors (Lipinski definition) is 1. The minimum atomic E-state index is -1.26. The van der Waals surface area contributed by atoms with Crippen LogP contribution in [0.3, 0.4) is 0 Å². The van der Waals surface area contributed by atoms with E-state index in [1.807, 2.05) is 4.57 Å². The number of nitrogens with zero attached hydrogens (tertiary/aromatic N) is 6. The maximum atomic E-state index is 11.3. The van der Waals surface area contributed by atoms with Crippen molar-refractivity contribution in [3.05, 3.63) is 40.1 Å². The number of carbonyl (C=O) groups is 1. The van der Waals surface area contributed by atoms with Gasteiger partial charge in [0, 0.05) is 19.2 Å². The molecule has 0 aliphatic carbocycles. The summed E-state index contributed by atoms with van der Waals surface area (Å²) >= 11 is 0. The van der Waals surface area contributed by atoms with Gasteiger partial charge in [0.1, 0.15) is 23.9 Å². The lowest BCUT2D eigenvalue weighted by molar-refractivity contribution is -0.385. The molecule has 0 saturated heterocycles. The van der Waals surface area contributed by atoms with E-state index in [2.05, 4.69) is 15.2 Å². The third-order valence-electron chi connectivity index (χ3n) is 3.23. The molecular weight excluding hydrogens is 280 g/mol. The summed E-state index contributed by atoms with van der Waals surface area (Å²) in [5.41, 5.74) is -0.548. The molecule has 0 unspecified atom stereocenters. The number of carboxylic acid groups (broad SMARTS) is 1. The summed E-state index contributed by atoms with van der Waals surface area (Å²) in [4.78, 5) is 27.0. The van der Waals surface area contributed by atoms with E-state index in [1.165, 1.54) is 0 Å². The molecule has 3 heterocycles. The number of nitro groups is 1. The molecule has 0 bridgehead atoms. The van der Waals surface area contributed by atoms with Gasteiger partial charge < -0.3 is 14.6 Å². The van der Waals surface area contributed by atoms with Gasteiger partial charge in [-0.05, 0) is 0 Å². The number of anilines is 1. The van der Waals surface area contributed by atoms with E-state index in [9.17, 15) is 20.0 Å². The van der Waals surface area contributed by atoms with Crippen molar-refractivity contribution in [1.82, 2.24) is 19.7 Å². The Balaban J connectivity index is 1.99. The standard InChI is InChI=1S/C11H10N6O4/c18-11(19)8-3-7(17(20)21)4-12-10(8)15-1-2-16-6-13-14-9(16)5-15/h3-4,6H,1-2,5H2,(H,18,19). The maximum Gasteiger partial charge on any atom is 0.339 e. The van der Waals surface area contributed by atoms with E-state index in [-0.39, 0.29) is 17.1 Å². The zero-order valence-electron chi connectivity index (χ0n) is 10.7. The molecule has 21 heavy (non-hydrogen) atoms. The van der Waals surface area contributed by atoms with Crippen LogP contribution < -0.4 is 4.90 Å². The fourth-order valence-electron chi connectivity index (χ4n) is 2.20. The second-order valence-electron chi connectivity index (χ2n) is 4.49. The second kappa shape index (κ2) is 4.81. The number of aromatic nitrogens is 4. The first-order valence-electron chi connectivity index (χ1n) is 6.05. The molecule has 1 N–H and O–H groups in total. The summed E-state index contributed by atoms with van der Waals surface area (Å²) in [5, 5.41) is 27.7. The van der Waals surface area contributed by atoms with Gasteiger partial charge in [0.15, 0.2) is 5.82 Å².